The van der Waals surface area contributed by atoms with Crippen LogP contribution in [0.4, 0.5) is 10.1 Å². The summed E-state index contributed by atoms with van der Waals surface area (Å²) in [5.41, 5.74) is 0.519. The van der Waals surface area contributed by atoms with Gasteiger partial charge in [0.25, 0.3) is 0 Å². The Morgan fingerprint density at radius 2 is 1.75 bits per heavy atom. The van der Waals surface area contributed by atoms with Gasteiger partial charge in [-0.3, -0.25) is 0 Å². The van der Waals surface area contributed by atoms with Crippen LogP contribution in [0.5, 0.6) is 0 Å². The van der Waals surface area contributed by atoms with Crippen LogP contribution in [0.3, 0.4) is 0 Å². The second-order valence-corrected chi connectivity index (χ2v) is 6.86. The van der Waals surface area contributed by atoms with Gasteiger partial charge in [-0.25, -0.2) is 4.39 Å². The maximum atomic E-state index is 14.3. The van der Waals surface area contributed by atoms with Crippen LogP contribution >= 0.6 is 0 Å². The lowest BCUT2D eigenvalue weighted by Gasteiger charge is -2.48. The molecule has 0 aromatic heterocycles. The zero-order chi connectivity index (χ0) is 15.1. The first-order valence-electron chi connectivity index (χ1n) is 7.02. The highest BCUT2D eigenvalue weighted by Gasteiger charge is 2.38. The molecule has 2 rings (SSSR count). The molecule has 1 aromatic carbocycles. The molecule has 1 saturated heterocycles. The summed E-state index contributed by atoms with van der Waals surface area (Å²) in [5.74, 6) is -0.295. The Morgan fingerprint density at radius 3 is 2.20 bits per heavy atom. The molecule has 1 aliphatic heterocycles. The maximum Gasteiger partial charge on any atom is 0.146 e. The molecule has 4 heteroatoms. The Hall–Kier alpha value is -1.13. The van der Waals surface area contributed by atoms with E-state index in [1.807, 2.05) is 32.6 Å². The highest BCUT2D eigenvalue weighted by Crippen LogP contribution is 2.33. The lowest BCUT2D eigenvalue weighted by molar-refractivity contribution is -0.133. The molecule has 0 radical (unpaired) electrons. The van der Waals surface area contributed by atoms with Crippen molar-refractivity contribution in [3.63, 3.8) is 0 Å². The lowest BCUT2D eigenvalue weighted by Crippen LogP contribution is -2.57. The number of benzene rings is 1. The molecule has 0 saturated carbocycles. The van der Waals surface area contributed by atoms with E-state index < -0.39 is 6.10 Å². The van der Waals surface area contributed by atoms with Gasteiger partial charge >= 0.3 is 0 Å². The molecule has 0 spiro atoms. The van der Waals surface area contributed by atoms with E-state index in [1.165, 1.54) is 6.07 Å². The van der Waals surface area contributed by atoms with Crippen molar-refractivity contribution >= 4 is 5.69 Å². The fourth-order valence-electron chi connectivity index (χ4n) is 3.00. The fourth-order valence-corrected chi connectivity index (χ4v) is 3.00. The molecular weight excluding hydrogens is 257 g/mol. The lowest BCUT2D eigenvalue weighted by atomic mass is 9.98. The summed E-state index contributed by atoms with van der Waals surface area (Å²) in [5, 5.41) is 9.52. The van der Waals surface area contributed by atoms with Crippen molar-refractivity contribution in [2.45, 2.75) is 51.9 Å². The molecule has 1 fully saturated rings. The number of hydrogen-bond donors (Lipinski definition) is 1. The predicted octanol–water partition coefficient (Wildman–Crippen LogP) is 3.27. The minimum Gasteiger partial charge on any atom is -0.389 e. The number of nitrogens with zero attached hydrogens (tertiary/aromatic N) is 1. The van der Waals surface area contributed by atoms with Crippen molar-refractivity contribution in [3.8, 4) is 0 Å². The second kappa shape index (κ2) is 5.01. The first-order valence-corrected chi connectivity index (χ1v) is 7.02. The highest BCUT2D eigenvalue weighted by atomic mass is 19.1. The molecule has 20 heavy (non-hydrogen) atoms. The molecule has 1 aromatic rings. The Morgan fingerprint density at radius 1 is 1.20 bits per heavy atom. The van der Waals surface area contributed by atoms with Crippen molar-refractivity contribution in [2.24, 2.45) is 0 Å². The molecule has 1 atom stereocenters. The third-order valence-electron chi connectivity index (χ3n) is 3.49. The number of ether oxygens (including phenoxy) is 1. The minimum atomic E-state index is -0.656. The van der Waals surface area contributed by atoms with Crippen LogP contribution in [0, 0.1) is 5.82 Å². The summed E-state index contributed by atoms with van der Waals surface area (Å²) < 4.78 is 20.3. The largest absolute Gasteiger partial charge is 0.389 e. The molecule has 0 amide bonds. The molecule has 112 valence electrons. The van der Waals surface area contributed by atoms with Crippen molar-refractivity contribution in [1.29, 1.82) is 0 Å². The smallest absolute Gasteiger partial charge is 0.146 e. The average molecular weight is 281 g/mol. The second-order valence-electron chi connectivity index (χ2n) is 6.86. The number of hydrogen-bond acceptors (Lipinski definition) is 3. The third kappa shape index (κ3) is 3.30. The van der Waals surface area contributed by atoms with E-state index in [0.29, 0.717) is 24.3 Å². The Labute approximate surface area is 120 Å². The summed E-state index contributed by atoms with van der Waals surface area (Å²) in [6.07, 6.45) is -0.656. The fraction of sp³-hybridized carbons (Fsp3) is 0.625. The minimum absolute atomic E-state index is 0.295. The first-order chi connectivity index (χ1) is 9.10. The molecule has 1 unspecified atom stereocenters. The van der Waals surface area contributed by atoms with E-state index in [0.717, 1.165) is 0 Å². The van der Waals surface area contributed by atoms with E-state index in [2.05, 4.69) is 0 Å². The third-order valence-corrected chi connectivity index (χ3v) is 3.49. The Bertz CT molecular complexity index is 481. The van der Waals surface area contributed by atoms with Gasteiger partial charge in [0.1, 0.15) is 5.82 Å². The van der Waals surface area contributed by atoms with E-state index in [-0.39, 0.29) is 17.0 Å². The van der Waals surface area contributed by atoms with Gasteiger partial charge in [0.15, 0.2) is 0 Å². The predicted molar refractivity (Wildman–Crippen MR) is 78.5 cm³/mol. The monoisotopic (exact) mass is 281 g/mol. The van der Waals surface area contributed by atoms with E-state index >= 15 is 0 Å². The van der Waals surface area contributed by atoms with Crippen LogP contribution in [0.2, 0.25) is 0 Å². The molecule has 1 N–H and O–H groups in total. The van der Waals surface area contributed by atoms with Gasteiger partial charge in [0.2, 0.25) is 0 Å². The number of anilines is 1. The van der Waals surface area contributed by atoms with Gasteiger partial charge in [0.05, 0.1) is 23.0 Å². The van der Waals surface area contributed by atoms with Gasteiger partial charge < -0.3 is 14.7 Å². The van der Waals surface area contributed by atoms with Crippen LogP contribution in [-0.4, -0.2) is 29.4 Å². The zero-order valence-corrected chi connectivity index (χ0v) is 12.9. The standard InChI is InChI=1S/C16H24FNO2/c1-11(19)12-6-7-14(13(17)8-12)18-9-15(2,3)20-16(4,5)10-18/h6-8,11,19H,9-10H2,1-5H3. The number of rotatable bonds is 2. The highest BCUT2D eigenvalue weighted by molar-refractivity contribution is 5.50. The van der Waals surface area contributed by atoms with E-state index in [9.17, 15) is 9.50 Å². The topological polar surface area (TPSA) is 32.7 Å². The van der Waals surface area contributed by atoms with Crippen molar-refractivity contribution < 1.29 is 14.2 Å². The van der Waals surface area contributed by atoms with Gasteiger partial charge in [-0.15, -0.1) is 0 Å². The van der Waals surface area contributed by atoms with Gasteiger partial charge in [-0.2, -0.15) is 0 Å². The summed E-state index contributed by atoms with van der Waals surface area (Å²) in [7, 11) is 0. The van der Waals surface area contributed by atoms with Gasteiger partial charge in [0, 0.05) is 13.1 Å². The molecule has 3 nitrogen and oxygen atoms in total. The van der Waals surface area contributed by atoms with E-state index in [4.69, 9.17) is 4.74 Å². The van der Waals surface area contributed by atoms with Crippen LogP contribution in [0.25, 0.3) is 0 Å². The number of aliphatic hydroxyl groups excluding tert-OH is 1. The van der Waals surface area contributed by atoms with Gasteiger partial charge in [-0.1, -0.05) is 6.07 Å². The number of morpholine rings is 1. The maximum absolute atomic E-state index is 14.3. The van der Waals surface area contributed by atoms with Crippen molar-refractivity contribution in [2.75, 3.05) is 18.0 Å². The van der Waals surface area contributed by atoms with Crippen molar-refractivity contribution in [3.05, 3.63) is 29.6 Å². The summed E-state index contributed by atoms with van der Waals surface area (Å²) in [6, 6.07) is 4.93. The SMILES string of the molecule is CC(O)c1ccc(N2CC(C)(C)OC(C)(C)C2)c(F)c1. The Kier molecular flexibility index (Phi) is 3.82. The first kappa shape index (κ1) is 15.3. The molecule has 0 aliphatic carbocycles. The van der Waals surface area contributed by atoms with E-state index in [1.54, 1.807) is 19.1 Å². The molecule has 0 bridgehead atoms. The molecule has 1 heterocycles. The molecular formula is C16H24FNO2. The average Bonchev–Trinajstić information content (AvgIpc) is 2.24. The summed E-state index contributed by atoms with van der Waals surface area (Å²) in [6.45, 7) is 11.0. The number of aliphatic hydroxyl groups is 1. The van der Waals surface area contributed by atoms with Crippen LogP contribution in [0.15, 0.2) is 18.2 Å². The van der Waals surface area contributed by atoms with Gasteiger partial charge in [-0.05, 0) is 52.3 Å². The normalized spacial score (nSPS) is 22.6. The summed E-state index contributed by atoms with van der Waals surface area (Å²) in [4.78, 5) is 2.02. The van der Waals surface area contributed by atoms with Crippen molar-refractivity contribution in [1.82, 2.24) is 0 Å². The molecule has 1 aliphatic rings. The zero-order valence-electron chi connectivity index (χ0n) is 12.9. The van der Waals surface area contributed by atoms with Crippen LogP contribution in [-0.2, 0) is 4.74 Å². The number of halogens is 1. The quantitative estimate of drug-likeness (QED) is 0.903. The van der Waals surface area contributed by atoms with Crippen LogP contribution in [0.1, 0.15) is 46.3 Å². The summed E-state index contributed by atoms with van der Waals surface area (Å²) >= 11 is 0. The Balaban J connectivity index is 2.31. The van der Waals surface area contributed by atoms with Crippen LogP contribution < -0.4 is 4.90 Å².